The molecular weight excluding hydrogens is 413 g/mol. The maximum atomic E-state index is 13.0. The SMILES string of the molecule is O=c1c(Cl)c(NC[C@H]2COC[C@@H]2O)cnn1-c1ccc(Oc2ccc(F)cc2)cc1. The number of aromatic nitrogens is 2. The quantitative estimate of drug-likeness (QED) is 0.623. The number of hydrogen-bond acceptors (Lipinski definition) is 6. The van der Waals surface area contributed by atoms with Gasteiger partial charge in [-0.05, 0) is 48.5 Å². The van der Waals surface area contributed by atoms with Crippen molar-refractivity contribution in [1.29, 1.82) is 0 Å². The summed E-state index contributed by atoms with van der Waals surface area (Å²) in [4.78, 5) is 12.6. The smallest absolute Gasteiger partial charge is 0.292 e. The molecule has 0 radical (unpaired) electrons. The van der Waals surface area contributed by atoms with Crippen LogP contribution in [0.3, 0.4) is 0 Å². The Morgan fingerprint density at radius 3 is 2.47 bits per heavy atom. The molecule has 2 atom stereocenters. The molecular formula is C21H19ClFN3O4. The first-order valence-electron chi connectivity index (χ1n) is 9.32. The van der Waals surface area contributed by atoms with E-state index in [1.165, 1.54) is 35.1 Å². The maximum absolute atomic E-state index is 13.0. The Bertz CT molecular complexity index is 1070. The molecule has 0 unspecified atom stereocenters. The van der Waals surface area contributed by atoms with Crippen molar-refractivity contribution >= 4 is 17.3 Å². The van der Waals surface area contributed by atoms with Crippen molar-refractivity contribution in [1.82, 2.24) is 9.78 Å². The summed E-state index contributed by atoms with van der Waals surface area (Å²) in [5, 5.41) is 17.0. The third-order valence-corrected chi connectivity index (χ3v) is 5.13. The number of nitrogens with zero attached hydrogens (tertiary/aromatic N) is 2. The van der Waals surface area contributed by atoms with Crippen LogP contribution in [0.25, 0.3) is 5.69 Å². The van der Waals surface area contributed by atoms with Crippen LogP contribution in [0.1, 0.15) is 0 Å². The van der Waals surface area contributed by atoms with Gasteiger partial charge in [0.25, 0.3) is 5.56 Å². The summed E-state index contributed by atoms with van der Waals surface area (Å²) < 4.78 is 25.0. The molecule has 2 N–H and O–H groups in total. The lowest BCUT2D eigenvalue weighted by Crippen LogP contribution is -2.27. The molecule has 1 aliphatic rings. The molecule has 9 heteroatoms. The van der Waals surface area contributed by atoms with Gasteiger partial charge in [-0.15, -0.1) is 0 Å². The number of rotatable bonds is 6. The molecule has 7 nitrogen and oxygen atoms in total. The van der Waals surface area contributed by atoms with E-state index in [2.05, 4.69) is 10.4 Å². The molecule has 30 heavy (non-hydrogen) atoms. The van der Waals surface area contributed by atoms with E-state index in [4.69, 9.17) is 21.1 Å². The first-order chi connectivity index (χ1) is 14.5. The molecule has 1 saturated heterocycles. The van der Waals surface area contributed by atoms with Gasteiger partial charge in [0, 0.05) is 12.5 Å². The topological polar surface area (TPSA) is 85.6 Å². The number of hydrogen-bond donors (Lipinski definition) is 2. The molecule has 2 heterocycles. The molecule has 1 fully saturated rings. The van der Waals surface area contributed by atoms with Crippen LogP contribution < -0.4 is 15.6 Å². The molecule has 4 rings (SSSR count). The summed E-state index contributed by atoms with van der Waals surface area (Å²) in [5.41, 5.74) is 0.435. The lowest BCUT2D eigenvalue weighted by molar-refractivity contribution is 0.120. The van der Waals surface area contributed by atoms with Crippen LogP contribution in [-0.4, -0.2) is 40.7 Å². The van der Waals surface area contributed by atoms with Gasteiger partial charge in [-0.3, -0.25) is 4.79 Å². The van der Waals surface area contributed by atoms with Crippen molar-refractivity contribution in [3.05, 3.63) is 75.9 Å². The Morgan fingerprint density at radius 1 is 1.17 bits per heavy atom. The number of nitrogens with one attached hydrogen (secondary N) is 1. The number of ether oxygens (including phenoxy) is 2. The third-order valence-electron chi connectivity index (χ3n) is 4.77. The lowest BCUT2D eigenvalue weighted by Gasteiger charge is -2.15. The van der Waals surface area contributed by atoms with Gasteiger partial charge in [0.05, 0.1) is 36.9 Å². The van der Waals surface area contributed by atoms with E-state index in [1.54, 1.807) is 24.3 Å². The van der Waals surface area contributed by atoms with Gasteiger partial charge in [0.2, 0.25) is 0 Å². The molecule has 156 valence electrons. The summed E-state index contributed by atoms with van der Waals surface area (Å²) in [5.74, 6) is 0.610. The average molecular weight is 432 g/mol. The fourth-order valence-corrected chi connectivity index (χ4v) is 3.25. The molecule has 0 bridgehead atoms. The van der Waals surface area contributed by atoms with Gasteiger partial charge >= 0.3 is 0 Å². The minimum atomic E-state index is -0.541. The van der Waals surface area contributed by atoms with Gasteiger partial charge in [-0.2, -0.15) is 9.78 Å². The van der Waals surface area contributed by atoms with Gasteiger partial charge in [0.1, 0.15) is 22.3 Å². The fraction of sp³-hybridized carbons (Fsp3) is 0.238. The highest BCUT2D eigenvalue weighted by Gasteiger charge is 2.26. The van der Waals surface area contributed by atoms with Crippen molar-refractivity contribution in [3.63, 3.8) is 0 Å². The van der Waals surface area contributed by atoms with Crippen molar-refractivity contribution in [2.45, 2.75) is 6.10 Å². The largest absolute Gasteiger partial charge is 0.457 e. The fourth-order valence-electron chi connectivity index (χ4n) is 3.06. The van der Waals surface area contributed by atoms with Crippen molar-refractivity contribution in [2.24, 2.45) is 5.92 Å². The van der Waals surface area contributed by atoms with Crippen LogP contribution in [0.15, 0.2) is 59.5 Å². The molecule has 1 aliphatic heterocycles. The number of aliphatic hydroxyl groups is 1. The Hall–Kier alpha value is -2.94. The highest BCUT2D eigenvalue weighted by molar-refractivity contribution is 6.32. The van der Waals surface area contributed by atoms with Gasteiger partial charge in [-0.25, -0.2) is 4.39 Å². The average Bonchev–Trinajstić information content (AvgIpc) is 3.16. The Labute approximate surface area is 176 Å². The standard InChI is InChI=1S/C21H19ClFN3O4/c22-20-18(24-9-13-11-29-12-19(13)27)10-25-26(21(20)28)15-3-7-17(8-4-15)30-16-5-1-14(23)2-6-16/h1-8,10,13,19,24,27H,9,11-12H2/t13-,19-/m0/s1. The zero-order chi connectivity index (χ0) is 21.1. The van der Waals surface area contributed by atoms with E-state index in [1.807, 2.05) is 0 Å². The van der Waals surface area contributed by atoms with Crippen molar-refractivity contribution in [2.75, 3.05) is 25.1 Å². The molecule has 0 spiro atoms. The van der Waals surface area contributed by atoms with Gasteiger partial charge in [0.15, 0.2) is 0 Å². The van der Waals surface area contributed by atoms with Crippen LogP contribution >= 0.6 is 11.6 Å². The zero-order valence-corrected chi connectivity index (χ0v) is 16.6. The highest BCUT2D eigenvalue weighted by Crippen LogP contribution is 2.23. The van der Waals surface area contributed by atoms with Crippen LogP contribution in [0, 0.1) is 11.7 Å². The predicted molar refractivity (Wildman–Crippen MR) is 110 cm³/mol. The maximum Gasteiger partial charge on any atom is 0.292 e. The summed E-state index contributed by atoms with van der Waals surface area (Å²) in [6.45, 7) is 1.17. The van der Waals surface area contributed by atoms with E-state index in [0.29, 0.717) is 42.6 Å². The van der Waals surface area contributed by atoms with Crippen LogP contribution in [-0.2, 0) is 4.74 Å². The first kappa shape index (κ1) is 20.3. The van der Waals surface area contributed by atoms with E-state index in [9.17, 15) is 14.3 Å². The van der Waals surface area contributed by atoms with E-state index in [-0.39, 0.29) is 16.8 Å². The van der Waals surface area contributed by atoms with E-state index >= 15 is 0 Å². The number of halogens is 2. The number of benzene rings is 2. The minimum absolute atomic E-state index is 0.00467. The second kappa shape index (κ2) is 8.83. The monoisotopic (exact) mass is 431 g/mol. The summed E-state index contributed by atoms with van der Waals surface area (Å²) in [7, 11) is 0. The predicted octanol–water partition coefficient (Wildman–Crippen LogP) is 3.24. The highest BCUT2D eigenvalue weighted by atomic mass is 35.5. The number of anilines is 1. The van der Waals surface area contributed by atoms with Gasteiger partial charge in [-0.1, -0.05) is 11.6 Å². The Morgan fingerprint density at radius 2 is 1.83 bits per heavy atom. The number of aliphatic hydroxyl groups excluding tert-OH is 1. The summed E-state index contributed by atoms with van der Waals surface area (Å²) >= 11 is 6.24. The Balaban J connectivity index is 1.47. The normalized spacial score (nSPS) is 18.4. The van der Waals surface area contributed by atoms with Crippen molar-refractivity contribution < 1.29 is 19.0 Å². The second-order valence-corrected chi connectivity index (χ2v) is 7.26. The second-order valence-electron chi connectivity index (χ2n) is 6.88. The molecule has 0 saturated carbocycles. The van der Waals surface area contributed by atoms with Crippen molar-refractivity contribution in [3.8, 4) is 17.2 Å². The molecule has 1 aromatic heterocycles. The Kier molecular flexibility index (Phi) is 5.98. The van der Waals surface area contributed by atoms with Gasteiger partial charge < -0.3 is 19.9 Å². The van der Waals surface area contributed by atoms with Crippen LogP contribution in [0.5, 0.6) is 11.5 Å². The van der Waals surface area contributed by atoms with E-state index < -0.39 is 11.7 Å². The molecule has 0 aliphatic carbocycles. The third kappa shape index (κ3) is 4.46. The van der Waals surface area contributed by atoms with E-state index in [0.717, 1.165) is 0 Å². The summed E-state index contributed by atoms with van der Waals surface area (Å²) in [6, 6.07) is 12.4. The first-order valence-corrected chi connectivity index (χ1v) is 9.70. The molecule has 3 aromatic rings. The van der Waals surface area contributed by atoms with Crippen LogP contribution in [0.4, 0.5) is 10.1 Å². The molecule has 2 aromatic carbocycles. The van der Waals surface area contributed by atoms with Crippen LogP contribution in [0.2, 0.25) is 5.02 Å². The lowest BCUT2D eigenvalue weighted by atomic mass is 10.1. The molecule has 0 amide bonds. The summed E-state index contributed by atoms with van der Waals surface area (Å²) in [6.07, 6.45) is 0.926. The minimum Gasteiger partial charge on any atom is -0.457 e. The zero-order valence-electron chi connectivity index (χ0n) is 15.8.